The Bertz CT molecular complexity index is 1130. The van der Waals surface area contributed by atoms with E-state index in [1.807, 2.05) is 36.4 Å². The number of ketones is 1. The number of anilines is 1. The number of para-hydroxylation sites is 1. The number of nitrogens with zero attached hydrogens (tertiary/aromatic N) is 3. The van der Waals surface area contributed by atoms with Crippen LogP contribution in [0.5, 0.6) is 0 Å². The minimum absolute atomic E-state index is 0.0653. The second-order valence-electron chi connectivity index (χ2n) is 6.41. The van der Waals surface area contributed by atoms with Gasteiger partial charge in [0.2, 0.25) is 0 Å². The summed E-state index contributed by atoms with van der Waals surface area (Å²) in [5.74, 6) is -0.159. The second kappa shape index (κ2) is 9.07. The Labute approximate surface area is 183 Å². The molecule has 0 saturated heterocycles. The van der Waals surface area contributed by atoms with Crippen LogP contribution in [0.3, 0.4) is 0 Å². The van der Waals surface area contributed by atoms with Gasteiger partial charge in [0, 0.05) is 23.0 Å². The number of thioether (sulfide) groups is 1. The molecule has 0 fully saturated rings. The highest BCUT2D eigenvalue weighted by atomic mass is 35.5. The van der Waals surface area contributed by atoms with Crippen molar-refractivity contribution in [2.45, 2.75) is 0 Å². The van der Waals surface area contributed by atoms with Gasteiger partial charge < -0.3 is 0 Å². The number of pyridine rings is 1. The molecule has 5 nitrogen and oxygen atoms in total. The van der Waals surface area contributed by atoms with E-state index in [4.69, 9.17) is 11.6 Å². The molecule has 4 rings (SSSR count). The summed E-state index contributed by atoms with van der Waals surface area (Å²) in [7, 11) is 0. The average Bonchev–Trinajstić information content (AvgIpc) is 3.09. The summed E-state index contributed by atoms with van der Waals surface area (Å²) in [6, 6.07) is 19.6. The summed E-state index contributed by atoms with van der Waals surface area (Å²) >= 11 is 7.12. The number of aromatic nitrogens is 1. The zero-order valence-corrected chi connectivity index (χ0v) is 17.3. The Hall–Kier alpha value is -3.22. The van der Waals surface area contributed by atoms with Gasteiger partial charge in [0.1, 0.15) is 5.70 Å². The summed E-state index contributed by atoms with van der Waals surface area (Å²) in [6.07, 6.45) is 5.03. The molecule has 1 aromatic heterocycles. The Morgan fingerprint density at radius 1 is 1.03 bits per heavy atom. The summed E-state index contributed by atoms with van der Waals surface area (Å²) < 4.78 is 0. The first-order valence-corrected chi connectivity index (χ1v) is 10.5. The van der Waals surface area contributed by atoms with Crippen molar-refractivity contribution >= 4 is 52.0 Å². The first-order valence-electron chi connectivity index (χ1n) is 9.13. The quantitative estimate of drug-likeness (QED) is 0.415. The van der Waals surface area contributed by atoms with Crippen LogP contribution in [0.2, 0.25) is 5.02 Å². The smallest absolute Gasteiger partial charge is 0.283 e. The Kier molecular flexibility index (Phi) is 6.07. The number of carbonyl (C=O) groups excluding carboxylic acids is 2. The normalized spacial score (nSPS) is 14.8. The molecule has 0 unspecified atom stereocenters. The highest BCUT2D eigenvalue weighted by Crippen LogP contribution is 2.29. The van der Waals surface area contributed by atoms with Crippen LogP contribution < -0.4 is 4.90 Å². The summed E-state index contributed by atoms with van der Waals surface area (Å²) in [4.78, 5) is 35.8. The number of hydrogen-bond donors (Lipinski definition) is 0. The molecule has 2 aromatic carbocycles. The Morgan fingerprint density at radius 2 is 1.80 bits per heavy atom. The van der Waals surface area contributed by atoms with Gasteiger partial charge in [-0.3, -0.25) is 19.5 Å². The number of benzene rings is 2. The molecule has 30 heavy (non-hydrogen) atoms. The molecule has 2 heterocycles. The van der Waals surface area contributed by atoms with Crippen molar-refractivity contribution in [3.63, 3.8) is 0 Å². The maximum Gasteiger partial charge on any atom is 0.283 e. The first kappa shape index (κ1) is 20.1. The number of halogens is 1. The molecule has 148 valence electrons. The van der Waals surface area contributed by atoms with Crippen molar-refractivity contribution in [2.75, 3.05) is 10.7 Å². The minimum Gasteiger partial charge on any atom is -0.293 e. The van der Waals surface area contributed by atoms with Crippen LogP contribution in [0.25, 0.3) is 6.08 Å². The molecule has 0 spiro atoms. The number of hydrogen-bond acceptors (Lipinski definition) is 5. The van der Waals surface area contributed by atoms with Gasteiger partial charge in [0.25, 0.3) is 5.91 Å². The summed E-state index contributed by atoms with van der Waals surface area (Å²) in [5, 5.41) is 1.04. The SMILES string of the molecule is O=C(CSC1=N/C(=C/c2cccnc2)C(=O)N1c1ccccc1)c1ccc(Cl)cc1. The molecule has 0 N–H and O–H groups in total. The van der Waals surface area contributed by atoms with Crippen molar-refractivity contribution in [3.8, 4) is 0 Å². The number of carbonyl (C=O) groups is 2. The number of Topliss-reactive ketones (excluding diaryl/α,β-unsaturated/α-hetero) is 1. The van der Waals surface area contributed by atoms with E-state index in [1.165, 1.54) is 16.7 Å². The molecule has 1 aliphatic rings. The second-order valence-corrected chi connectivity index (χ2v) is 7.78. The van der Waals surface area contributed by atoms with Crippen molar-refractivity contribution in [2.24, 2.45) is 4.99 Å². The zero-order valence-electron chi connectivity index (χ0n) is 15.7. The fraction of sp³-hybridized carbons (Fsp3) is 0.0435. The van der Waals surface area contributed by atoms with Crippen molar-refractivity contribution in [1.29, 1.82) is 0 Å². The van der Waals surface area contributed by atoms with E-state index >= 15 is 0 Å². The van der Waals surface area contributed by atoms with Crippen LogP contribution in [-0.2, 0) is 4.79 Å². The Balaban J connectivity index is 1.60. The molecule has 0 bridgehead atoms. The van der Waals surface area contributed by atoms with Gasteiger partial charge >= 0.3 is 0 Å². The standard InChI is InChI=1S/C23H16ClN3O2S/c24-18-10-8-17(9-11-18)21(28)15-30-23-26-20(13-16-5-4-12-25-14-16)22(29)27(23)19-6-2-1-3-7-19/h1-14H,15H2/b20-13+. The van der Waals surface area contributed by atoms with E-state index in [-0.39, 0.29) is 17.4 Å². The highest BCUT2D eigenvalue weighted by Gasteiger charge is 2.32. The lowest BCUT2D eigenvalue weighted by molar-refractivity contribution is -0.113. The molecule has 1 amide bonds. The number of aliphatic imine (C=N–C) groups is 1. The maximum atomic E-state index is 13.1. The molecular formula is C23H16ClN3O2S. The molecule has 3 aromatic rings. The zero-order chi connectivity index (χ0) is 20.9. The van der Waals surface area contributed by atoms with Gasteiger partial charge in [-0.1, -0.05) is 47.6 Å². The van der Waals surface area contributed by atoms with Gasteiger partial charge in [-0.25, -0.2) is 4.99 Å². The van der Waals surface area contributed by atoms with E-state index in [0.717, 1.165) is 5.56 Å². The molecule has 0 saturated carbocycles. The molecule has 1 aliphatic heterocycles. The third-order valence-corrected chi connectivity index (χ3v) is 5.52. The fourth-order valence-electron chi connectivity index (χ4n) is 2.87. The predicted molar refractivity (Wildman–Crippen MR) is 122 cm³/mol. The van der Waals surface area contributed by atoms with Crippen molar-refractivity contribution in [3.05, 3.63) is 101 Å². The lowest BCUT2D eigenvalue weighted by Gasteiger charge is -2.17. The maximum absolute atomic E-state index is 13.1. The van der Waals surface area contributed by atoms with Crippen LogP contribution in [0.1, 0.15) is 15.9 Å². The third-order valence-electron chi connectivity index (χ3n) is 4.33. The van der Waals surface area contributed by atoms with Crippen LogP contribution >= 0.6 is 23.4 Å². The number of amidine groups is 1. The Morgan fingerprint density at radius 3 is 2.50 bits per heavy atom. The predicted octanol–water partition coefficient (Wildman–Crippen LogP) is 5.09. The fourth-order valence-corrected chi connectivity index (χ4v) is 3.90. The van der Waals surface area contributed by atoms with E-state index < -0.39 is 0 Å². The minimum atomic E-state index is -0.244. The van der Waals surface area contributed by atoms with Crippen molar-refractivity contribution < 1.29 is 9.59 Å². The van der Waals surface area contributed by atoms with Gasteiger partial charge in [-0.15, -0.1) is 0 Å². The van der Waals surface area contributed by atoms with E-state index in [1.54, 1.807) is 48.8 Å². The van der Waals surface area contributed by atoms with Crippen LogP contribution in [0.4, 0.5) is 5.69 Å². The molecule has 0 atom stereocenters. The van der Waals surface area contributed by atoms with Gasteiger partial charge in [0.05, 0.1) is 11.4 Å². The van der Waals surface area contributed by atoms with Crippen LogP contribution in [0.15, 0.2) is 89.8 Å². The van der Waals surface area contributed by atoms with Crippen LogP contribution in [-0.4, -0.2) is 27.6 Å². The van der Waals surface area contributed by atoms with Gasteiger partial charge in [-0.2, -0.15) is 0 Å². The third kappa shape index (κ3) is 4.50. The van der Waals surface area contributed by atoms with E-state index in [9.17, 15) is 9.59 Å². The topological polar surface area (TPSA) is 62.6 Å². The lowest BCUT2D eigenvalue weighted by atomic mass is 10.1. The molecule has 0 aliphatic carbocycles. The van der Waals surface area contributed by atoms with Gasteiger partial charge in [0.15, 0.2) is 11.0 Å². The summed E-state index contributed by atoms with van der Waals surface area (Å²) in [5.41, 5.74) is 2.34. The number of amides is 1. The molecule has 0 radical (unpaired) electrons. The molecular weight excluding hydrogens is 418 g/mol. The van der Waals surface area contributed by atoms with Gasteiger partial charge in [-0.05, 0) is 54.1 Å². The monoisotopic (exact) mass is 433 g/mol. The first-order chi connectivity index (χ1) is 14.6. The van der Waals surface area contributed by atoms with Crippen molar-refractivity contribution in [1.82, 2.24) is 4.98 Å². The van der Waals surface area contributed by atoms with Crippen LogP contribution in [0, 0.1) is 0 Å². The summed E-state index contributed by atoms with van der Waals surface area (Å²) in [6.45, 7) is 0. The van der Waals surface area contributed by atoms with E-state index in [2.05, 4.69) is 9.98 Å². The highest BCUT2D eigenvalue weighted by molar-refractivity contribution is 8.14. The lowest BCUT2D eigenvalue weighted by Crippen LogP contribution is -2.30. The molecule has 7 heteroatoms. The largest absolute Gasteiger partial charge is 0.293 e. The average molecular weight is 434 g/mol. The number of rotatable bonds is 5. The van der Waals surface area contributed by atoms with E-state index in [0.29, 0.717) is 27.1 Å².